The van der Waals surface area contributed by atoms with E-state index in [2.05, 4.69) is 57.0 Å². The number of aliphatic hydroxyl groups excluding tert-OH is 1. The monoisotopic (exact) mass is 361 g/mol. The van der Waals surface area contributed by atoms with Crippen molar-refractivity contribution < 1.29 is 5.11 Å². The van der Waals surface area contributed by atoms with Crippen LogP contribution in [0.1, 0.15) is 41.7 Å². The van der Waals surface area contributed by atoms with Gasteiger partial charge in [-0.3, -0.25) is 9.58 Å². The molecule has 3 rings (SSSR count). The highest BCUT2D eigenvalue weighted by Crippen LogP contribution is 2.27. The molecule has 1 N–H and O–H groups in total. The number of hydrogen-bond acceptors (Lipinski definition) is 6. The first-order valence-electron chi connectivity index (χ1n) is 9.37. The Balaban J connectivity index is 1.67. The van der Waals surface area contributed by atoms with E-state index >= 15 is 0 Å². The molecule has 1 aliphatic rings. The van der Waals surface area contributed by atoms with Gasteiger partial charge in [0.15, 0.2) is 0 Å². The van der Waals surface area contributed by atoms with Crippen molar-refractivity contribution in [1.29, 1.82) is 0 Å². The molecule has 0 bridgehead atoms. The summed E-state index contributed by atoms with van der Waals surface area (Å²) in [7, 11) is 6.18. The van der Waals surface area contributed by atoms with E-state index < -0.39 is 0 Å². The molecule has 8 heteroatoms. The summed E-state index contributed by atoms with van der Waals surface area (Å²) in [5.41, 5.74) is 2.29. The van der Waals surface area contributed by atoms with Crippen LogP contribution in [0.5, 0.6) is 0 Å². The number of hydrogen-bond donors (Lipinski definition) is 1. The van der Waals surface area contributed by atoms with Crippen molar-refractivity contribution in [3.05, 3.63) is 29.1 Å². The van der Waals surface area contributed by atoms with Gasteiger partial charge in [0.1, 0.15) is 11.6 Å². The number of rotatable bonds is 7. The molecule has 8 nitrogen and oxygen atoms in total. The second-order valence-corrected chi connectivity index (χ2v) is 7.57. The van der Waals surface area contributed by atoms with Crippen molar-refractivity contribution in [3.63, 3.8) is 0 Å². The average Bonchev–Trinajstić information content (AvgIpc) is 3.11. The Kier molecular flexibility index (Phi) is 6.05. The molecule has 0 aliphatic carbocycles. The van der Waals surface area contributed by atoms with Crippen molar-refractivity contribution >= 4 is 0 Å². The number of nitrogens with zero attached hydrogens (tertiary/aromatic N) is 7. The SMILES string of the molecule is Cc1nn(CCO)cc1CN1CCC[C@@H](c2nnc(CN(C)C)n2C)C1. The Morgan fingerprint density at radius 1 is 1.31 bits per heavy atom. The van der Waals surface area contributed by atoms with Crippen LogP contribution < -0.4 is 0 Å². The molecule has 1 aliphatic heterocycles. The molecule has 144 valence electrons. The quantitative estimate of drug-likeness (QED) is 0.785. The van der Waals surface area contributed by atoms with Gasteiger partial charge < -0.3 is 14.6 Å². The van der Waals surface area contributed by atoms with E-state index in [9.17, 15) is 0 Å². The topological polar surface area (TPSA) is 75.2 Å². The number of aryl methyl sites for hydroxylation is 1. The van der Waals surface area contributed by atoms with Gasteiger partial charge in [0.05, 0.1) is 25.4 Å². The third-order valence-corrected chi connectivity index (χ3v) is 5.10. The molecule has 0 radical (unpaired) electrons. The zero-order valence-electron chi connectivity index (χ0n) is 16.4. The van der Waals surface area contributed by atoms with Crippen LogP contribution in [0.2, 0.25) is 0 Å². The highest BCUT2D eigenvalue weighted by atomic mass is 16.3. The lowest BCUT2D eigenvalue weighted by Crippen LogP contribution is -2.35. The summed E-state index contributed by atoms with van der Waals surface area (Å²) in [5.74, 6) is 2.53. The second kappa shape index (κ2) is 8.28. The van der Waals surface area contributed by atoms with Gasteiger partial charge in [-0.1, -0.05) is 0 Å². The van der Waals surface area contributed by atoms with Gasteiger partial charge in [-0.15, -0.1) is 10.2 Å². The second-order valence-electron chi connectivity index (χ2n) is 7.57. The van der Waals surface area contributed by atoms with E-state index in [1.165, 1.54) is 12.0 Å². The van der Waals surface area contributed by atoms with Crippen molar-refractivity contribution in [3.8, 4) is 0 Å². The first kappa shape index (κ1) is 19.0. The van der Waals surface area contributed by atoms with E-state index in [1.807, 2.05) is 11.6 Å². The average molecular weight is 361 g/mol. The standard InChI is InChI=1S/C18H31N7O/c1-14-16(12-25(21-14)8-9-26)11-24-7-5-6-15(10-24)18-20-19-17(23(18)4)13-22(2)3/h12,15,26H,5-11,13H2,1-4H3/t15-/m1/s1. The molecule has 2 aromatic heterocycles. The largest absolute Gasteiger partial charge is 0.394 e. The molecule has 1 saturated heterocycles. The van der Waals surface area contributed by atoms with Crippen LogP contribution in [-0.4, -0.2) is 73.2 Å². The van der Waals surface area contributed by atoms with E-state index in [0.717, 1.165) is 49.9 Å². The zero-order valence-corrected chi connectivity index (χ0v) is 16.4. The molecule has 1 atom stereocenters. The summed E-state index contributed by atoms with van der Waals surface area (Å²) in [5, 5.41) is 22.5. The number of aliphatic hydroxyl groups is 1. The highest BCUT2D eigenvalue weighted by Gasteiger charge is 2.26. The minimum Gasteiger partial charge on any atom is -0.394 e. The normalized spacial score (nSPS) is 18.8. The van der Waals surface area contributed by atoms with E-state index in [0.29, 0.717) is 12.5 Å². The number of aromatic nitrogens is 5. The van der Waals surface area contributed by atoms with E-state index in [-0.39, 0.29) is 6.61 Å². The van der Waals surface area contributed by atoms with Gasteiger partial charge in [-0.25, -0.2) is 0 Å². The van der Waals surface area contributed by atoms with Gasteiger partial charge in [-0.2, -0.15) is 5.10 Å². The molecule has 0 unspecified atom stereocenters. The Hall–Kier alpha value is -1.77. The van der Waals surface area contributed by atoms with Crippen LogP contribution in [0, 0.1) is 6.92 Å². The lowest BCUT2D eigenvalue weighted by atomic mass is 9.96. The maximum absolute atomic E-state index is 9.10. The summed E-state index contributed by atoms with van der Waals surface area (Å²) in [6, 6.07) is 0. The number of piperidine rings is 1. The fraction of sp³-hybridized carbons (Fsp3) is 0.722. The van der Waals surface area contributed by atoms with Crippen LogP contribution in [0.25, 0.3) is 0 Å². The predicted octanol–water partition coefficient (Wildman–Crippen LogP) is 0.754. The Morgan fingerprint density at radius 2 is 2.12 bits per heavy atom. The maximum Gasteiger partial charge on any atom is 0.146 e. The fourth-order valence-corrected chi connectivity index (χ4v) is 3.73. The Bertz CT molecular complexity index is 721. The smallest absolute Gasteiger partial charge is 0.146 e. The lowest BCUT2D eigenvalue weighted by Gasteiger charge is -2.32. The highest BCUT2D eigenvalue weighted by molar-refractivity contribution is 5.16. The molecule has 26 heavy (non-hydrogen) atoms. The third kappa shape index (κ3) is 4.31. The molecule has 1 fully saturated rings. The molecule has 0 aromatic carbocycles. The van der Waals surface area contributed by atoms with E-state index in [4.69, 9.17) is 5.11 Å². The lowest BCUT2D eigenvalue weighted by molar-refractivity contribution is 0.194. The molecule has 0 spiro atoms. The summed E-state index contributed by atoms with van der Waals surface area (Å²) < 4.78 is 4.00. The molecule has 3 heterocycles. The minimum atomic E-state index is 0.119. The molecular formula is C18H31N7O. The van der Waals surface area contributed by atoms with Gasteiger partial charge in [-0.05, 0) is 40.4 Å². The third-order valence-electron chi connectivity index (χ3n) is 5.10. The van der Waals surface area contributed by atoms with Gasteiger partial charge >= 0.3 is 0 Å². The number of likely N-dealkylation sites (tertiary alicyclic amines) is 1. The van der Waals surface area contributed by atoms with Crippen LogP contribution >= 0.6 is 0 Å². The van der Waals surface area contributed by atoms with Crippen LogP contribution in [0.4, 0.5) is 0 Å². The summed E-state index contributed by atoms with van der Waals surface area (Å²) in [6.07, 6.45) is 4.39. The summed E-state index contributed by atoms with van der Waals surface area (Å²) >= 11 is 0. The van der Waals surface area contributed by atoms with Crippen LogP contribution in [0.3, 0.4) is 0 Å². The van der Waals surface area contributed by atoms with Crippen molar-refractivity contribution in [2.24, 2.45) is 7.05 Å². The van der Waals surface area contributed by atoms with E-state index in [1.54, 1.807) is 0 Å². The van der Waals surface area contributed by atoms with Crippen molar-refractivity contribution in [1.82, 2.24) is 34.3 Å². The zero-order chi connectivity index (χ0) is 18.7. The Labute approximate surface area is 155 Å². The van der Waals surface area contributed by atoms with Crippen molar-refractivity contribution in [2.75, 3.05) is 33.8 Å². The fourth-order valence-electron chi connectivity index (χ4n) is 3.73. The Morgan fingerprint density at radius 3 is 2.85 bits per heavy atom. The molecular weight excluding hydrogens is 330 g/mol. The summed E-state index contributed by atoms with van der Waals surface area (Å²) in [4.78, 5) is 4.61. The van der Waals surface area contributed by atoms with Crippen molar-refractivity contribution in [2.45, 2.75) is 45.3 Å². The minimum absolute atomic E-state index is 0.119. The predicted molar refractivity (Wildman–Crippen MR) is 99.7 cm³/mol. The first-order chi connectivity index (χ1) is 12.5. The van der Waals surface area contributed by atoms with Gasteiger partial charge in [0.2, 0.25) is 0 Å². The molecule has 0 saturated carbocycles. The molecule has 0 amide bonds. The first-order valence-corrected chi connectivity index (χ1v) is 9.37. The van der Waals surface area contributed by atoms with Crippen LogP contribution in [-0.2, 0) is 26.7 Å². The summed E-state index contributed by atoms with van der Waals surface area (Å²) in [6.45, 7) is 6.52. The molecule has 2 aromatic rings. The van der Waals surface area contributed by atoms with Crippen LogP contribution in [0.15, 0.2) is 6.20 Å². The van der Waals surface area contributed by atoms with Gasteiger partial charge in [0, 0.05) is 37.8 Å². The maximum atomic E-state index is 9.10. The van der Waals surface area contributed by atoms with Gasteiger partial charge in [0.25, 0.3) is 0 Å².